The normalized spacial score (nSPS) is 37.1. The van der Waals surface area contributed by atoms with Crippen molar-refractivity contribution in [3.8, 4) is 5.75 Å². The van der Waals surface area contributed by atoms with Gasteiger partial charge in [-0.1, -0.05) is 24.3 Å². The summed E-state index contributed by atoms with van der Waals surface area (Å²) < 4.78 is 65.8. The predicted molar refractivity (Wildman–Crippen MR) is 243 cm³/mol. The number of carbonyl (C=O) groups excluding carboxylic acids is 4. The van der Waals surface area contributed by atoms with Gasteiger partial charge in [0.25, 0.3) is 0 Å². The highest BCUT2D eigenvalue weighted by Crippen LogP contribution is 2.38. The van der Waals surface area contributed by atoms with Gasteiger partial charge in [-0.2, -0.15) is 0 Å². The number of ether oxygens (including phenoxy) is 12. The fraction of sp³-hybridized carbons (Fsp3) is 0.625. The van der Waals surface area contributed by atoms with Crippen molar-refractivity contribution in [1.82, 2.24) is 0 Å². The van der Waals surface area contributed by atoms with E-state index < -0.39 is 173 Å². The lowest BCUT2D eigenvalue weighted by atomic mass is 9.86. The molecule has 1 aromatic carbocycles. The highest BCUT2D eigenvalue weighted by atomic mass is 16.8. The predicted octanol–water partition coefficient (Wildman–Crippen LogP) is -4.13. The Hall–Kier alpha value is -5.02. The monoisotopic (exact) mass is 1070 g/mol. The van der Waals surface area contributed by atoms with E-state index in [-0.39, 0.29) is 41.1 Å². The number of methoxy groups -OCH3 is 2. The average Bonchev–Trinajstić information content (AvgIpc) is 3.40. The molecule has 0 saturated carbocycles. The first kappa shape index (κ1) is 59.2. The summed E-state index contributed by atoms with van der Waals surface area (Å²) in [7, 11) is 2.22. The van der Waals surface area contributed by atoms with Crippen molar-refractivity contribution in [1.29, 1.82) is 0 Å². The molecule has 5 aliphatic rings. The van der Waals surface area contributed by atoms with E-state index in [0.29, 0.717) is 5.56 Å². The second-order valence-electron chi connectivity index (χ2n) is 17.8. The minimum Gasteiger partial charge on any atom is -0.468 e. The number of hydrogen-bond donors (Lipinski definition) is 11. The largest absolute Gasteiger partial charge is 0.468 e. The molecule has 16 unspecified atom stereocenters. The number of aliphatic hydroxyl groups excluding tert-OH is 11. The van der Waals surface area contributed by atoms with Crippen molar-refractivity contribution in [3.05, 3.63) is 76.8 Å². The first-order valence-electron chi connectivity index (χ1n) is 23.7. The van der Waals surface area contributed by atoms with Gasteiger partial charge >= 0.3 is 23.9 Å². The Morgan fingerprint density at radius 3 is 1.43 bits per heavy atom. The lowest BCUT2D eigenvalue weighted by Gasteiger charge is -2.42. The third-order valence-corrected chi connectivity index (χ3v) is 13.1. The molecule has 418 valence electrons. The van der Waals surface area contributed by atoms with Gasteiger partial charge in [0.15, 0.2) is 18.9 Å². The van der Waals surface area contributed by atoms with E-state index in [1.807, 2.05) is 0 Å². The van der Waals surface area contributed by atoms with Gasteiger partial charge in [0.05, 0.1) is 70.6 Å². The summed E-state index contributed by atoms with van der Waals surface area (Å²) in [6.07, 6.45) is -23.2. The Morgan fingerprint density at radius 1 is 0.560 bits per heavy atom. The molecule has 27 heteroatoms. The van der Waals surface area contributed by atoms with Crippen LogP contribution in [0.5, 0.6) is 5.75 Å². The molecule has 75 heavy (non-hydrogen) atoms. The molecule has 3 saturated heterocycles. The van der Waals surface area contributed by atoms with Crippen LogP contribution in [0.15, 0.2) is 71.2 Å². The maximum atomic E-state index is 13.4. The first-order valence-corrected chi connectivity index (χ1v) is 23.7. The fourth-order valence-electron chi connectivity index (χ4n) is 8.80. The highest BCUT2D eigenvalue weighted by Gasteiger charge is 2.50. The summed E-state index contributed by atoms with van der Waals surface area (Å²) in [5.41, 5.74) is 0.788. The standard InChI is InChI=1S/C48H64O27/c1-5-22-24(26(42(62)64-3)17-68-44(22)74-47-40(60)36(56)33(53)28(15-49)71-47)13-31(51)67-19-30-35(55)38(58)39(59)46(73-30)66-12-11-20-7-9-21(10-8-20)70-32(52)14-25-23(6-2)45(69-18-27(25)43(63)65-4)75-48-41(61)37(57)34(54)29(16-50)72-48/h5-10,17-18,24-25,28-30,33-41,44-50,53-61H,11-16,19H2,1-4H3/b22-5+,23-6-/t24-,25?,28?,29?,30?,33?,34?,35?,36?,37?,38?,39?,40?,41?,44-,45-,46?,47?,48?/m0/s1. The molecular formula is C48H64O27. The van der Waals surface area contributed by atoms with Gasteiger partial charge in [-0.3, -0.25) is 9.59 Å². The van der Waals surface area contributed by atoms with Gasteiger partial charge in [0.2, 0.25) is 12.6 Å². The molecular weight excluding hydrogens is 1010 g/mol. The smallest absolute Gasteiger partial charge is 0.337 e. The van der Waals surface area contributed by atoms with Crippen LogP contribution in [0.1, 0.15) is 32.3 Å². The molecule has 5 heterocycles. The topological polar surface area (TPSA) is 402 Å². The van der Waals surface area contributed by atoms with Crippen molar-refractivity contribution >= 4 is 23.9 Å². The summed E-state index contributed by atoms with van der Waals surface area (Å²) in [5, 5.41) is 113. The highest BCUT2D eigenvalue weighted by molar-refractivity contribution is 5.91. The summed E-state index contributed by atoms with van der Waals surface area (Å²) in [6, 6.07) is 6.15. The SMILES string of the molecule is C/C=C1/C(CC(=O)Oc2ccc(CCOC3OC(COC(=O)C[C@@H]4C(C(=O)OC)=CO[C@@H](OC5OC(CO)C(O)C(O)C5O)/C4=C/C)C(O)C(O)C3O)cc2)C(C(=O)OC)=CO[C@H]1OC1OC(CO)C(O)C(O)C1O. The molecule has 19 atom stereocenters. The van der Waals surface area contributed by atoms with Crippen LogP contribution >= 0.6 is 0 Å². The average molecular weight is 1070 g/mol. The van der Waals surface area contributed by atoms with Gasteiger partial charge in [0, 0.05) is 23.0 Å². The maximum absolute atomic E-state index is 13.4. The molecule has 3 fully saturated rings. The minimum atomic E-state index is -1.81. The Morgan fingerprint density at radius 2 is 0.987 bits per heavy atom. The van der Waals surface area contributed by atoms with E-state index in [1.165, 1.54) is 31.2 Å². The van der Waals surface area contributed by atoms with Crippen LogP contribution in [0.3, 0.4) is 0 Å². The third-order valence-electron chi connectivity index (χ3n) is 13.1. The summed E-state index contributed by atoms with van der Waals surface area (Å²) in [6.45, 7) is 0.862. The summed E-state index contributed by atoms with van der Waals surface area (Å²) >= 11 is 0. The van der Waals surface area contributed by atoms with Crippen LogP contribution in [-0.2, 0) is 77.7 Å². The number of allylic oxidation sites excluding steroid dienone is 2. The zero-order valence-electron chi connectivity index (χ0n) is 41.0. The number of benzene rings is 1. The van der Waals surface area contributed by atoms with E-state index in [9.17, 15) is 75.3 Å². The Kier molecular flexibility index (Phi) is 21.2. The zero-order chi connectivity index (χ0) is 54.8. The van der Waals surface area contributed by atoms with E-state index in [0.717, 1.165) is 26.7 Å². The lowest BCUT2D eigenvalue weighted by Crippen LogP contribution is -2.60. The number of rotatable bonds is 19. The van der Waals surface area contributed by atoms with E-state index in [2.05, 4.69) is 0 Å². The number of hydrogen-bond acceptors (Lipinski definition) is 27. The molecule has 0 bridgehead atoms. The van der Waals surface area contributed by atoms with Crippen LogP contribution in [0, 0.1) is 11.8 Å². The second-order valence-corrected chi connectivity index (χ2v) is 17.8. The van der Waals surface area contributed by atoms with Crippen LogP contribution in [0.4, 0.5) is 0 Å². The number of aliphatic hydroxyl groups is 11. The molecule has 0 aromatic heterocycles. The van der Waals surface area contributed by atoms with Gasteiger partial charge in [-0.05, 0) is 38.0 Å². The molecule has 0 amide bonds. The first-order chi connectivity index (χ1) is 35.8. The van der Waals surface area contributed by atoms with Gasteiger partial charge in [0.1, 0.15) is 85.6 Å². The maximum Gasteiger partial charge on any atom is 0.337 e. The molecule has 1 aromatic rings. The van der Waals surface area contributed by atoms with Crippen LogP contribution in [0.2, 0.25) is 0 Å². The number of esters is 4. The Bertz CT molecular complexity index is 2230. The zero-order valence-corrected chi connectivity index (χ0v) is 41.0. The van der Waals surface area contributed by atoms with Crippen LogP contribution in [0.25, 0.3) is 0 Å². The van der Waals surface area contributed by atoms with Gasteiger partial charge in [-0.15, -0.1) is 0 Å². The van der Waals surface area contributed by atoms with Crippen molar-refractivity contribution in [2.45, 2.75) is 138 Å². The molecule has 0 aliphatic carbocycles. The summed E-state index contributed by atoms with van der Waals surface area (Å²) in [5.74, 6) is -5.53. The van der Waals surface area contributed by atoms with Crippen LogP contribution in [-0.4, -0.2) is 225 Å². The van der Waals surface area contributed by atoms with E-state index >= 15 is 0 Å². The molecule has 0 spiro atoms. The van der Waals surface area contributed by atoms with Crippen molar-refractivity contribution in [2.24, 2.45) is 11.8 Å². The van der Waals surface area contributed by atoms with E-state index in [1.54, 1.807) is 19.1 Å². The molecule has 27 nitrogen and oxygen atoms in total. The molecule has 0 radical (unpaired) electrons. The van der Waals surface area contributed by atoms with Crippen molar-refractivity contribution in [3.63, 3.8) is 0 Å². The van der Waals surface area contributed by atoms with E-state index in [4.69, 9.17) is 56.8 Å². The Labute approximate surface area is 428 Å². The molecule has 6 rings (SSSR count). The fourth-order valence-corrected chi connectivity index (χ4v) is 8.80. The van der Waals surface area contributed by atoms with Crippen molar-refractivity contribution in [2.75, 3.05) is 40.6 Å². The molecule has 5 aliphatic heterocycles. The quantitative estimate of drug-likeness (QED) is 0.0271. The lowest BCUT2D eigenvalue weighted by molar-refractivity contribution is -0.327. The van der Waals surface area contributed by atoms with Gasteiger partial charge in [-0.25, -0.2) is 9.59 Å². The van der Waals surface area contributed by atoms with Gasteiger partial charge < -0.3 is 113 Å². The minimum absolute atomic E-state index is 0.0730. The molecule has 11 N–H and O–H groups in total. The Balaban J connectivity index is 1.01. The van der Waals surface area contributed by atoms with Crippen molar-refractivity contribution < 1.29 is 132 Å². The summed E-state index contributed by atoms with van der Waals surface area (Å²) in [4.78, 5) is 52.3. The third kappa shape index (κ3) is 13.8. The van der Waals surface area contributed by atoms with Crippen LogP contribution < -0.4 is 4.74 Å². The number of carbonyl (C=O) groups is 4. The second kappa shape index (κ2) is 26.8.